The Hall–Kier alpha value is -3.21. The van der Waals surface area contributed by atoms with E-state index < -0.39 is 13.9 Å². The highest BCUT2D eigenvalue weighted by Crippen LogP contribution is 2.38. The Morgan fingerprint density at radius 3 is 2.28 bits per heavy atom. The average Bonchev–Trinajstić information content (AvgIpc) is 3.33. The number of carbonyl (C=O) groups is 2. The van der Waals surface area contributed by atoms with Crippen LogP contribution in [-0.4, -0.2) is 103 Å². The minimum absolute atomic E-state index is 0.0407. The average molecular weight is 662 g/mol. The summed E-state index contributed by atoms with van der Waals surface area (Å²) < 4.78 is 12.5. The molecule has 4 heterocycles. The van der Waals surface area contributed by atoms with Crippen molar-refractivity contribution in [3.63, 3.8) is 0 Å². The summed E-state index contributed by atoms with van der Waals surface area (Å²) in [5.74, 6) is 0. The van der Waals surface area contributed by atoms with E-state index in [1.807, 2.05) is 42.8 Å². The van der Waals surface area contributed by atoms with Crippen molar-refractivity contribution >= 4 is 26.0 Å². The molecular formula is C37H55N5O4Si. The molecule has 0 saturated carbocycles. The highest BCUT2D eigenvalue weighted by atomic mass is 28.4. The van der Waals surface area contributed by atoms with Crippen LogP contribution < -0.4 is 0 Å². The quantitative estimate of drug-likeness (QED) is 0.276. The number of rotatable bonds is 9. The van der Waals surface area contributed by atoms with E-state index in [0.717, 1.165) is 49.3 Å². The van der Waals surface area contributed by atoms with Gasteiger partial charge in [-0.15, -0.1) is 0 Å². The first-order chi connectivity index (χ1) is 22.1. The van der Waals surface area contributed by atoms with Crippen molar-refractivity contribution in [3.05, 3.63) is 71.1 Å². The first kappa shape index (κ1) is 35.1. The fourth-order valence-electron chi connectivity index (χ4n) is 6.24. The van der Waals surface area contributed by atoms with Gasteiger partial charge in [0.25, 0.3) is 0 Å². The van der Waals surface area contributed by atoms with E-state index in [9.17, 15) is 9.59 Å². The number of hydrogen-bond donors (Lipinski definition) is 0. The van der Waals surface area contributed by atoms with E-state index in [-0.39, 0.29) is 23.3 Å². The Balaban J connectivity index is 1.18. The van der Waals surface area contributed by atoms with Crippen LogP contribution in [-0.2, 0) is 28.7 Å². The molecule has 1 atom stereocenters. The van der Waals surface area contributed by atoms with Gasteiger partial charge in [-0.2, -0.15) is 0 Å². The Bertz CT molecular complexity index is 1450. The maximum absolute atomic E-state index is 13.7. The number of ether oxygens (including phenoxy) is 1. The first-order valence-electron chi connectivity index (χ1n) is 17.2. The molecule has 0 spiro atoms. The van der Waals surface area contributed by atoms with Crippen molar-refractivity contribution in [1.82, 2.24) is 24.6 Å². The maximum Gasteiger partial charge on any atom is 0.410 e. The van der Waals surface area contributed by atoms with Gasteiger partial charge in [-0.05, 0) is 80.1 Å². The summed E-state index contributed by atoms with van der Waals surface area (Å²) in [5, 5.41) is 0.0884. The Labute approximate surface area is 283 Å². The molecule has 1 fully saturated rings. The lowest BCUT2D eigenvalue weighted by molar-refractivity contribution is 0.0270. The van der Waals surface area contributed by atoms with E-state index in [0.29, 0.717) is 39.3 Å². The first-order valence-corrected chi connectivity index (χ1v) is 20.1. The van der Waals surface area contributed by atoms with Crippen LogP contribution >= 0.6 is 0 Å². The highest BCUT2D eigenvalue weighted by molar-refractivity contribution is 6.74. The third-order valence-electron chi connectivity index (χ3n) is 9.93. The van der Waals surface area contributed by atoms with Crippen LogP contribution in [0.15, 0.2) is 48.7 Å². The lowest BCUT2D eigenvalue weighted by Gasteiger charge is -2.42. The lowest BCUT2D eigenvalue weighted by Crippen LogP contribution is -2.51. The number of urea groups is 1. The number of fused-ring (bicyclic) bond motifs is 1. The van der Waals surface area contributed by atoms with Gasteiger partial charge in [-0.1, -0.05) is 57.2 Å². The molecule has 0 radical (unpaired) electrons. The predicted molar refractivity (Wildman–Crippen MR) is 190 cm³/mol. The van der Waals surface area contributed by atoms with E-state index in [4.69, 9.17) is 14.1 Å². The predicted octanol–water partition coefficient (Wildman–Crippen LogP) is 6.79. The summed E-state index contributed by atoms with van der Waals surface area (Å²) in [5.41, 5.74) is 5.39. The maximum atomic E-state index is 13.7. The number of nitrogens with zero attached hydrogens (tertiary/aromatic N) is 5. The van der Waals surface area contributed by atoms with Gasteiger partial charge in [0.1, 0.15) is 5.60 Å². The minimum atomic E-state index is -2.05. The van der Waals surface area contributed by atoms with Crippen molar-refractivity contribution in [1.29, 1.82) is 0 Å². The van der Waals surface area contributed by atoms with Gasteiger partial charge < -0.3 is 23.9 Å². The molecule has 0 aliphatic carbocycles. The van der Waals surface area contributed by atoms with Gasteiger partial charge in [-0.25, -0.2) is 9.59 Å². The van der Waals surface area contributed by atoms with Crippen molar-refractivity contribution in [2.45, 2.75) is 97.3 Å². The molecule has 2 aromatic rings. The summed E-state index contributed by atoms with van der Waals surface area (Å²) in [6, 6.07) is 12.9. The van der Waals surface area contributed by atoms with Crippen LogP contribution in [0.3, 0.4) is 0 Å². The summed E-state index contributed by atoms with van der Waals surface area (Å²) in [6.45, 7) is 23.5. The van der Waals surface area contributed by atoms with E-state index in [2.05, 4.69) is 75.2 Å². The van der Waals surface area contributed by atoms with Crippen molar-refractivity contribution in [2.75, 3.05) is 45.8 Å². The molecule has 1 aromatic carbocycles. The van der Waals surface area contributed by atoms with Crippen molar-refractivity contribution < 1.29 is 18.8 Å². The molecule has 5 rings (SSSR count). The molecule has 3 aliphatic heterocycles. The third-order valence-corrected chi connectivity index (χ3v) is 14.5. The second-order valence-electron chi connectivity index (χ2n) is 15.9. The molecule has 3 aliphatic rings. The number of carbonyl (C=O) groups excluding carboxylic acids is 2. The second kappa shape index (κ2) is 14.1. The molecule has 0 unspecified atom stereocenters. The van der Waals surface area contributed by atoms with Crippen LogP contribution in [0.5, 0.6) is 0 Å². The molecular weight excluding hydrogens is 607 g/mol. The van der Waals surface area contributed by atoms with Crippen LogP contribution in [0.4, 0.5) is 9.59 Å². The van der Waals surface area contributed by atoms with Crippen LogP contribution in [0.2, 0.25) is 18.1 Å². The molecule has 47 heavy (non-hydrogen) atoms. The Morgan fingerprint density at radius 2 is 1.64 bits per heavy atom. The van der Waals surface area contributed by atoms with Gasteiger partial charge in [0.2, 0.25) is 0 Å². The monoisotopic (exact) mass is 661 g/mol. The summed E-state index contributed by atoms with van der Waals surface area (Å²) in [7, 11) is -2.05. The lowest BCUT2D eigenvalue weighted by atomic mass is 10.00. The summed E-state index contributed by atoms with van der Waals surface area (Å²) in [4.78, 5) is 39.0. The molecule has 256 valence electrons. The third kappa shape index (κ3) is 9.03. The smallest absolute Gasteiger partial charge is 0.410 e. The molecule has 0 bridgehead atoms. The number of hydrogen-bond acceptors (Lipinski definition) is 6. The minimum Gasteiger partial charge on any atom is -0.444 e. The van der Waals surface area contributed by atoms with Crippen LogP contribution in [0, 0.1) is 0 Å². The van der Waals surface area contributed by atoms with Gasteiger partial charge >= 0.3 is 12.1 Å². The number of benzene rings is 1. The van der Waals surface area contributed by atoms with Crippen molar-refractivity contribution in [3.8, 4) is 0 Å². The Morgan fingerprint density at radius 1 is 0.915 bits per heavy atom. The van der Waals surface area contributed by atoms with E-state index >= 15 is 0 Å². The molecule has 9 nitrogen and oxygen atoms in total. The molecule has 3 amide bonds. The molecule has 1 saturated heterocycles. The zero-order chi connectivity index (χ0) is 34.0. The standard InChI is InChI=1S/C37H55N5O4Si/c1-36(2,3)45-35(44)40-19-16-30(17-20-40)33-14-13-28(23-38-33)24-41-21-22-42(34(41)43)27-32(46-47(7,8)37(4,5)6)26-39-18-15-29-11-9-10-12-31(29)25-39/h9-14,16,23,32H,15,17-22,24-27H2,1-8H3/t32-/m1/s1. The van der Waals surface area contributed by atoms with Crippen LogP contribution in [0.25, 0.3) is 5.57 Å². The molecule has 0 N–H and O–H groups in total. The fraction of sp³-hybridized carbons (Fsp3) is 0.595. The zero-order valence-electron chi connectivity index (χ0n) is 29.8. The molecule has 10 heteroatoms. The van der Waals surface area contributed by atoms with Gasteiger partial charge in [0.15, 0.2) is 8.32 Å². The largest absolute Gasteiger partial charge is 0.444 e. The van der Waals surface area contributed by atoms with Crippen LogP contribution in [0.1, 0.15) is 70.3 Å². The second-order valence-corrected chi connectivity index (χ2v) is 20.6. The SMILES string of the molecule is CC(C)(C)OC(=O)N1CC=C(c2ccc(CN3CCN(C[C@@H](CN4CCc5ccccc5C4)O[Si](C)(C)C(C)(C)C)C3=O)cn2)CC1. The van der Waals surface area contributed by atoms with Gasteiger partial charge in [-0.3, -0.25) is 9.88 Å². The topological polar surface area (TPSA) is 78.5 Å². The van der Waals surface area contributed by atoms with Gasteiger partial charge in [0.05, 0.1) is 11.8 Å². The summed E-state index contributed by atoms with van der Waals surface area (Å²) in [6.07, 6.45) is 5.39. The van der Waals surface area contributed by atoms with Crippen molar-refractivity contribution in [2.24, 2.45) is 0 Å². The normalized spacial score (nSPS) is 18.7. The summed E-state index contributed by atoms with van der Waals surface area (Å²) >= 11 is 0. The number of aromatic nitrogens is 1. The molecule has 1 aromatic heterocycles. The fourth-order valence-corrected chi connectivity index (χ4v) is 7.58. The number of pyridine rings is 1. The zero-order valence-corrected chi connectivity index (χ0v) is 30.8. The number of amides is 3. The Kier molecular flexibility index (Phi) is 10.5. The van der Waals surface area contributed by atoms with E-state index in [1.54, 1.807) is 4.90 Å². The van der Waals surface area contributed by atoms with E-state index in [1.165, 1.54) is 11.1 Å². The highest BCUT2D eigenvalue weighted by Gasteiger charge is 2.41. The van der Waals surface area contributed by atoms with Gasteiger partial charge in [0, 0.05) is 65.1 Å².